The smallest absolute Gasteiger partial charge is 0.347 e. The molecule has 0 bridgehead atoms. The molecule has 0 spiro atoms. The Morgan fingerprint density at radius 1 is 1.22 bits per heavy atom. The number of amides is 1. The highest BCUT2D eigenvalue weighted by Crippen LogP contribution is 2.29. The lowest BCUT2D eigenvalue weighted by Gasteiger charge is -2.09. The molecule has 3 aromatic heterocycles. The van der Waals surface area contributed by atoms with Crippen LogP contribution in [-0.4, -0.2) is 26.0 Å². The van der Waals surface area contributed by atoms with E-state index in [0.29, 0.717) is 43.6 Å². The Morgan fingerprint density at radius 2 is 2.07 bits per heavy atom. The van der Waals surface area contributed by atoms with Crippen molar-refractivity contribution in [3.05, 3.63) is 57.7 Å². The molecule has 7 nitrogen and oxygen atoms in total. The SMILES string of the molecule is Cc1cc(-c2nc(-c3ccnn3C(=O)Nc3ccc(Cl)cc3Cl)cs2)no1. The van der Waals surface area contributed by atoms with Gasteiger partial charge in [0.25, 0.3) is 0 Å². The fourth-order valence-corrected chi connectivity index (χ4v) is 3.61. The molecule has 4 rings (SSSR count). The third kappa shape index (κ3) is 3.59. The van der Waals surface area contributed by atoms with Gasteiger partial charge in [0.2, 0.25) is 0 Å². The average Bonchev–Trinajstić information content (AvgIpc) is 3.35. The van der Waals surface area contributed by atoms with Crippen LogP contribution in [0.3, 0.4) is 0 Å². The summed E-state index contributed by atoms with van der Waals surface area (Å²) >= 11 is 13.4. The van der Waals surface area contributed by atoms with E-state index in [1.807, 2.05) is 12.3 Å². The summed E-state index contributed by atoms with van der Waals surface area (Å²) in [6.45, 7) is 1.81. The fourth-order valence-electron chi connectivity index (χ4n) is 2.39. The third-order valence-electron chi connectivity index (χ3n) is 3.62. The van der Waals surface area contributed by atoms with Gasteiger partial charge < -0.3 is 9.84 Å². The van der Waals surface area contributed by atoms with E-state index in [9.17, 15) is 4.79 Å². The third-order valence-corrected chi connectivity index (χ3v) is 5.03. The van der Waals surface area contributed by atoms with E-state index in [1.165, 1.54) is 22.2 Å². The number of hydrogen-bond donors (Lipinski definition) is 1. The lowest BCUT2D eigenvalue weighted by atomic mass is 10.3. The summed E-state index contributed by atoms with van der Waals surface area (Å²) in [5.74, 6) is 0.700. The number of nitrogens with one attached hydrogen (secondary N) is 1. The highest BCUT2D eigenvalue weighted by Gasteiger charge is 2.17. The lowest BCUT2D eigenvalue weighted by Crippen LogP contribution is -2.21. The number of halogens is 2. The Bertz CT molecular complexity index is 1130. The van der Waals surface area contributed by atoms with Gasteiger partial charge in [-0.15, -0.1) is 11.3 Å². The Balaban J connectivity index is 1.61. The molecule has 0 atom stereocenters. The normalized spacial score (nSPS) is 10.9. The molecule has 1 aromatic carbocycles. The second kappa shape index (κ2) is 7.15. The van der Waals surface area contributed by atoms with Gasteiger partial charge in [-0.3, -0.25) is 0 Å². The number of carbonyl (C=O) groups is 1. The van der Waals surface area contributed by atoms with Crippen LogP contribution in [0.15, 0.2) is 46.4 Å². The maximum atomic E-state index is 12.6. The Labute approximate surface area is 167 Å². The van der Waals surface area contributed by atoms with E-state index in [0.717, 1.165) is 0 Å². The van der Waals surface area contributed by atoms with Crippen LogP contribution in [0.2, 0.25) is 10.0 Å². The number of thiazole rings is 1. The van der Waals surface area contributed by atoms with Gasteiger partial charge >= 0.3 is 6.03 Å². The first-order chi connectivity index (χ1) is 13.0. The molecule has 1 N–H and O–H groups in total. The van der Waals surface area contributed by atoms with E-state index in [2.05, 4.69) is 20.6 Å². The van der Waals surface area contributed by atoms with Gasteiger partial charge in [0.1, 0.15) is 22.2 Å². The first kappa shape index (κ1) is 17.7. The first-order valence-corrected chi connectivity index (χ1v) is 9.35. The van der Waals surface area contributed by atoms with Crippen LogP contribution < -0.4 is 5.32 Å². The van der Waals surface area contributed by atoms with Gasteiger partial charge in [0, 0.05) is 16.5 Å². The maximum Gasteiger partial charge on any atom is 0.347 e. The molecule has 1 amide bonds. The van der Waals surface area contributed by atoms with Gasteiger partial charge in [0.05, 0.1) is 22.6 Å². The second-order valence-corrected chi connectivity index (χ2v) is 7.25. The van der Waals surface area contributed by atoms with Crippen molar-refractivity contribution < 1.29 is 9.32 Å². The summed E-state index contributed by atoms with van der Waals surface area (Å²) in [6, 6.07) is 7.85. The summed E-state index contributed by atoms with van der Waals surface area (Å²) in [7, 11) is 0. The van der Waals surface area contributed by atoms with Crippen LogP contribution in [-0.2, 0) is 0 Å². The van der Waals surface area contributed by atoms with Crippen LogP contribution in [0.1, 0.15) is 5.76 Å². The predicted molar refractivity (Wildman–Crippen MR) is 104 cm³/mol. The van der Waals surface area contributed by atoms with E-state index in [4.69, 9.17) is 27.7 Å². The van der Waals surface area contributed by atoms with Crippen molar-refractivity contribution in [1.82, 2.24) is 19.9 Å². The maximum absolute atomic E-state index is 12.6. The monoisotopic (exact) mass is 419 g/mol. The number of anilines is 1. The Kier molecular flexibility index (Phi) is 4.69. The summed E-state index contributed by atoms with van der Waals surface area (Å²) in [5, 5.41) is 14.1. The van der Waals surface area contributed by atoms with Crippen LogP contribution in [0.5, 0.6) is 0 Å². The zero-order valence-corrected chi connectivity index (χ0v) is 16.1. The van der Waals surface area contributed by atoms with Gasteiger partial charge in [-0.1, -0.05) is 28.4 Å². The van der Waals surface area contributed by atoms with Crippen molar-refractivity contribution in [3.8, 4) is 22.1 Å². The molecule has 0 aliphatic rings. The minimum absolute atomic E-state index is 0.335. The summed E-state index contributed by atoms with van der Waals surface area (Å²) in [5.41, 5.74) is 2.22. The van der Waals surface area contributed by atoms with E-state index in [-0.39, 0.29) is 0 Å². The van der Waals surface area contributed by atoms with Crippen molar-refractivity contribution in [3.63, 3.8) is 0 Å². The highest BCUT2D eigenvalue weighted by molar-refractivity contribution is 7.13. The molecule has 0 aliphatic carbocycles. The van der Waals surface area contributed by atoms with Gasteiger partial charge in [0.15, 0.2) is 0 Å². The Hall–Kier alpha value is -2.68. The van der Waals surface area contributed by atoms with Crippen molar-refractivity contribution in [2.45, 2.75) is 6.92 Å². The number of aromatic nitrogens is 4. The summed E-state index contributed by atoms with van der Waals surface area (Å²) in [6.07, 6.45) is 1.53. The standard InChI is InChI=1S/C17H11Cl2N5O2S/c1-9-6-13(23-26-9)16-21-14(8-27-16)15-4-5-20-24(15)17(25)22-12-3-2-10(18)7-11(12)19/h2-8H,1H3,(H,22,25). The van der Waals surface area contributed by atoms with Crippen LogP contribution in [0, 0.1) is 6.92 Å². The number of carbonyl (C=O) groups excluding carboxylic acids is 1. The van der Waals surface area contributed by atoms with Crippen LogP contribution >= 0.6 is 34.5 Å². The highest BCUT2D eigenvalue weighted by atomic mass is 35.5. The molecule has 0 saturated carbocycles. The molecule has 0 saturated heterocycles. The van der Waals surface area contributed by atoms with E-state index in [1.54, 1.807) is 30.3 Å². The van der Waals surface area contributed by atoms with E-state index < -0.39 is 6.03 Å². The predicted octanol–water partition coefficient (Wildman–Crippen LogP) is 5.36. The summed E-state index contributed by atoms with van der Waals surface area (Å²) < 4.78 is 6.30. The number of nitrogens with zero attached hydrogens (tertiary/aromatic N) is 4. The molecule has 27 heavy (non-hydrogen) atoms. The largest absolute Gasteiger partial charge is 0.361 e. The van der Waals surface area contributed by atoms with Gasteiger partial charge in [-0.25, -0.2) is 9.78 Å². The number of aryl methyl sites for hydroxylation is 1. The molecule has 0 unspecified atom stereocenters. The zero-order chi connectivity index (χ0) is 19.0. The average molecular weight is 420 g/mol. The number of hydrogen-bond acceptors (Lipinski definition) is 6. The van der Waals surface area contributed by atoms with Crippen LogP contribution in [0.4, 0.5) is 10.5 Å². The molecular formula is C17H11Cl2N5O2S. The lowest BCUT2D eigenvalue weighted by molar-refractivity contribution is 0.251. The number of benzene rings is 1. The minimum atomic E-state index is -0.467. The molecule has 4 aromatic rings. The quantitative estimate of drug-likeness (QED) is 0.483. The number of rotatable bonds is 3. The zero-order valence-electron chi connectivity index (χ0n) is 13.8. The van der Waals surface area contributed by atoms with Crippen LogP contribution in [0.25, 0.3) is 22.1 Å². The molecule has 10 heteroatoms. The second-order valence-electron chi connectivity index (χ2n) is 5.54. The van der Waals surface area contributed by atoms with Gasteiger partial charge in [-0.2, -0.15) is 9.78 Å². The van der Waals surface area contributed by atoms with E-state index >= 15 is 0 Å². The topological polar surface area (TPSA) is 85.8 Å². The molecular weight excluding hydrogens is 409 g/mol. The van der Waals surface area contributed by atoms with Gasteiger partial charge in [-0.05, 0) is 31.2 Å². The molecule has 0 radical (unpaired) electrons. The summed E-state index contributed by atoms with van der Waals surface area (Å²) in [4.78, 5) is 17.2. The van der Waals surface area contributed by atoms with Crippen molar-refractivity contribution >= 4 is 46.3 Å². The van der Waals surface area contributed by atoms with Crippen molar-refractivity contribution in [1.29, 1.82) is 0 Å². The fraction of sp³-hybridized carbons (Fsp3) is 0.0588. The first-order valence-electron chi connectivity index (χ1n) is 7.71. The van der Waals surface area contributed by atoms with Crippen molar-refractivity contribution in [2.24, 2.45) is 0 Å². The molecule has 0 aliphatic heterocycles. The molecule has 136 valence electrons. The van der Waals surface area contributed by atoms with Crippen molar-refractivity contribution in [2.75, 3.05) is 5.32 Å². The minimum Gasteiger partial charge on any atom is -0.361 e. The Morgan fingerprint density at radius 3 is 2.81 bits per heavy atom. The molecule has 0 fully saturated rings. The molecule has 3 heterocycles.